The maximum atomic E-state index is 5.38. The number of H-pyrrole nitrogens is 1. The summed E-state index contributed by atoms with van der Waals surface area (Å²) in [4.78, 5) is 8.51. The first-order chi connectivity index (χ1) is 16.3. The number of ether oxygens (including phenoxy) is 1. The van der Waals surface area contributed by atoms with E-state index in [2.05, 4.69) is 53.2 Å². The molecule has 0 saturated carbocycles. The van der Waals surface area contributed by atoms with Crippen LogP contribution in [0.3, 0.4) is 0 Å². The molecule has 0 fully saturated rings. The minimum absolute atomic E-state index is 0.777. The third kappa shape index (κ3) is 4.42. The number of benzene rings is 4. The van der Waals surface area contributed by atoms with Gasteiger partial charge in [-0.2, -0.15) is 0 Å². The second-order valence-electron chi connectivity index (χ2n) is 7.57. The summed E-state index contributed by atoms with van der Waals surface area (Å²) in [5, 5.41) is 0. The number of para-hydroxylation sites is 1. The van der Waals surface area contributed by atoms with Crippen molar-refractivity contribution in [3.05, 3.63) is 120 Å². The third-order valence-corrected chi connectivity index (χ3v) is 5.42. The number of methoxy groups -OCH3 is 1. The molecule has 158 valence electrons. The highest BCUT2D eigenvalue weighted by atomic mass is 16.5. The smallest absolute Gasteiger partial charge is 0.138 e. The summed E-state index contributed by atoms with van der Waals surface area (Å²) in [6.07, 6.45) is 0. The molecule has 4 aromatic carbocycles. The Morgan fingerprint density at radius 3 is 1.97 bits per heavy atom. The highest BCUT2D eigenvalue weighted by molar-refractivity contribution is 5.81. The molecule has 3 nitrogen and oxygen atoms in total. The molecular weight excluding hydrogens is 404 g/mol. The van der Waals surface area contributed by atoms with Crippen LogP contribution in [0.25, 0.3) is 33.9 Å². The standard InChI is InChI=1S/C30H22N2O/c1-33-27-15-9-8-10-23(27)19-16-22-17-20-26(21-18-22)30-31-28(24-11-4-2-5-12-24)29(32-30)25-13-6-3-7-14-25/h2-15,17-18,20-21H,1H3,(H,31,32). The predicted molar refractivity (Wildman–Crippen MR) is 134 cm³/mol. The molecular formula is C30H22N2O. The molecule has 0 atom stereocenters. The maximum Gasteiger partial charge on any atom is 0.138 e. The van der Waals surface area contributed by atoms with Crippen molar-refractivity contribution in [2.45, 2.75) is 0 Å². The average Bonchev–Trinajstić information content (AvgIpc) is 3.34. The van der Waals surface area contributed by atoms with Gasteiger partial charge < -0.3 is 9.72 Å². The predicted octanol–water partition coefficient (Wildman–Crippen LogP) is 6.82. The van der Waals surface area contributed by atoms with Crippen LogP contribution < -0.4 is 4.74 Å². The van der Waals surface area contributed by atoms with Crippen molar-refractivity contribution in [2.75, 3.05) is 7.11 Å². The van der Waals surface area contributed by atoms with E-state index in [1.807, 2.05) is 72.8 Å². The van der Waals surface area contributed by atoms with Gasteiger partial charge in [0, 0.05) is 22.3 Å². The molecule has 5 rings (SSSR count). The fourth-order valence-electron chi connectivity index (χ4n) is 3.73. The van der Waals surface area contributed by atoms with Gasteiger partial charge in [-0.25, -0.2) is 4.98 Å². The molecule has 0 aliphatic carbocycles. The normalized spacial score (nSPS) is 10.3. The summed E-state index contributed by atoms with van der Waals surface area (Å²) < 4.78 is 5.38. The van der Waals surface area contributed by atoms with Crippen molar-refractivity contribution in [1.29, 1.82) is 0 Å². The van der Waals surface area contributed by atoms with Crippen LogP contribution >= 0.6 is 0 Å². The molecule has 0 aliphatic heterocycles. The number of aromatic amines is 1. The maximum absolute atomic E-state index is 5.38. The van der Waals surface area contributed by atoms with Gasteiger partial charge in [-0.1, -0.05) is 96.8 Å². The molecule has 0 saturated heterocycles. The second-order valence-corrected chi connectivity index (χ2v) is 7.57. The van der Waals surface area contributed by atoms with Crippen molar-refractivity contribution in [1.82, 2.24) is 9.97 Å². The zero-order valence-electron chi connectivity index (χ0n) is 18.2. The Kier molecular flexibility index (Phi) is 5.74. The number of hydrogen-bond acceptors (Lipinski definition) is 2. The molecule has 1 heterocycles. The molecule has 0 spiro atoms. The fraction of sp³-hybridized carbons (Fsp3) is 0.0333. The lowest BCUT2D eigenvalue weighted by Crippen LogP contribution is -1.86. The topological polar surface area (TPSA) is 37.9 Å². The summed E-state index contributed by atoms with van der Waals surface area (Å²) in [5.74, 6) is 8.03. The molecule has 3 heteroatoms. The van der Waals surface area contributed by atoms with E-state index >= 15 is 0 Å². The van der Waals surface area contributed by atoms with E-state index in [9.17, 15) is 0 Å². The molecule has 33 heavy (non-hydrogen) atoms. The van der Waals surface area contributed by atoms with Gasteiger partial charge in [-0.3, -0.25) is 0 Å². The van der Waals surface area contributed by atoms with Crippen molar-refractivity contribution in [3.63, 3.8) is 0 Å². The Balaban J connectivity index is 1.49. The Morgan fingerprint density at radius 2 is 1.27 bits per heavy atom. The molecule has 0 unspecified atom stereocenters. The van der Waals surface area contributed by atoms with Gasteiger partial charge in [0.05, 0.1) is 24.1 Å². The SMILES string of the molecule is COc1ccccc1C#Cc1ccc(-c2nc(-c3ccccc3)c(-c3ccccc3)[nH]2)cc1. The molecule has 0 radical (unpaired) electrons. The first-order valence-electron chi connectivity index (χ1n) is 10.8. The number of imidazole rings is 1. The first kappa shape index (κ1) is 20.4. The number of hydrogen-bond donors (Lipinski definition) is 1. The minimum atomic E-state index is 0.777. The van der Waals surface area contributed by atoms with E-state index in [1.54, 1.807) is 7.11 Å². The third-order valence-electron chi connectivity index (χ3n) is 5.42. The fourth-order valence-corrected chi connectivity index (χ4v) is 3.73. The van der Waals surface area contributed by atoms with E-state index in [0.29, 0.717) is 0 Å². The number of rotatable bonds is 4. The number of nitrogens with one attached hydrogen (secondary N) is 1. The number of aromatic nitrogens is 2. The monoisotopic (exact) mass is 426 g/mol. The summed E-state index contributed by atoms with van der Waals surface area (Å²) in [5.41, 5.74) is 6.95. The minimum Gasteiger partial charge on any atom is -0.495 e. The summed E-state index contributed by atoms with van der Waals surface area (Å²) >= 11 is 0. The van der Waals surface area contributed by atoms with E-state index in [1.165, 1.54) is 0 Å². The van der Waals surface area contributed by atoms with Crippen LogP contribution in [0.5, 0.6) is 5.75 Å². The van der Waals surface area contributed by atoms with E-state index in [0.717, 1.165) is 50.8 Å². The van der Waals surface area contributed by atoms with E-state index in [4.69, 9.17) is 9.72 Å². The Hall–Kier alpha value is -4.55. The summed E-state index contributed by atoms with van der Waals surface area (Å²) in [6.45, 7) is 0. The van der Waals surface area contributed by atoms with Crippen LogP contribution in [-0.2, 0) is 0 Å². The Bertz CT molecular complexity index is 1370. The van der Waals surface area contributed by atoms with Gasteiger partial charge in [0.2, 0.25) is 0 Å². The van der Waals surface area contributed by atoms with Gasteiger partial charge in [0.25, 0.3) is 0 Å². The molecule has 0 aliphatic rings. The molecule has 1 aromatic heterocycles. The average molecular weight is 427 g/mol. The molecule has 0 amide bonds. The van der Waals surface area contributed by atoms with Crippen molar-refractivity contribution >= 4 is 0 Å². The second kappa shape index (κ2) is 9.30. The quantitative estimate of drug-likeness (QED) is 0.320. The summed E-state index contributed by atoms with van der Waals surface area (Å²) in [6, 6.07) is 36.5. The van der Waals surface area contributed by atoms with Crippen LogP contribution in [0.4, 0.5) is 0 Å². The van der Waals surface area contributed by atoms with Crippen LogP contribution in [-0.4, -0.2) is 17.1 Å². The van der Waals surface area contributed by atoms with Gasteiger partial charge >= 0.3 is 0 Å². The molecule has 0 bridgehead atoms. The zero-order chi connectivity index (χ0) is 22.5. The van der Waals surface area contributed by atoms with Crippen LogP contribution in [0.2, 0.25) is 0 Å². The van der Waals surface area contributed by atoms with Crippen LogP contribution in [0.15, 0.2) is 109 Å². The van der Waals surface area contributed by atoms with Gasteiger partial charge in [-0.15, -0.1) is 0 Å². The summed E-state index contributed by atoms with van der Waals surface area (Å²) in [7, 11) is 1.66. The Morgan fingerprint density at radius 1 is 0.636 bits per heavy atom. The highest BCUT2D eigenvalue weighted by Crippen LogP contribution is 2.32. The molecule has 5 aromatic rings. The van der Waals surface area contributed by atoms with Crippen molar-refractivity contribution in [3.8, 4) is 51.5 Å². The van der Waals surface area contributed by atoms with Gasteiger partial charge in [-0.05, 0) is 24.3 Å². The van der Waals surface area contributed by atoms with Crippen LogP contribution in [0, 0.1) is 11.8 Å². The van der Waals surface area contributed by atoms with Crippen LogP contribution in [0.1, 0.15) is 11.1 Å². The van der Waals surface area contributed by atoms with Gasteiger partial charge in [0.15, 0.2) is 0 Å². The Labute approximate surface area is 193 Å². The highest BCUT2D eigenvalue weighted by Gasteiger charge is 2.14. The van der Waals surface area contributed by atoms with E-state index < -0.39 is 0 Å². The number of nitrogens with zero attached hydrogens (tertiary/aromatic N) is 1. The zero-order valence-corrected chi connectivity index (χ0v) is 18.2. The first-order valence-corrected chi connectivity index (χ1v) is 10.8. The lowest BCUT2D eigenvalue weighted by molar-refractivity contribution is 0.413. The van der Waals surface area contributed by atoms with E-state index in [-0.39, 0.29) is 0 Å². The lowest BCUT2D eigenvalue weighted by Gasteiger charge is -2.02. The largest absolute Gasteiger partial charge is 0.495 e. The molecule has 1 N–H and O–H groups in total. The van der Waals surface area contributed by atoms with Gasteiger partial charge in [0.1, 0.15) is 11.6 Å². The van der Waals surface area contributed by atoms with Crippen molar-refractivity contribution < 1.29 is 4.74 Å². The lowest BCUT2D eigenvalue weighted by atomic mass is 10.1. The van der Waals surface area contributed by atoms with Crippen molar-refractivity contribution in [2.24, 2.45) is 0 Å².